The van der Waals surface area contributed by atoms with Crippen molar-refractivity contribution in [1.82, 2.24) is 0 Å². The van der Waals surface area contributed by atoms with E-state index < -0.39 is 46.0 Å². The van der Waals surface area contributed by atoms with Gasteiger partial charge in [0, 0.05) is 12.1 Å². The quantitative estimate of drug-likeness (QED) is 0.506. The molecule has 0 aliphatic heterocycles. The zero-order valence-electron chi connectivity index (χ0n) is 9.20. The van der Waals surface area contributed by atoms with Gasteiger partial charge in [-0.2, -0.15) is 4.39 Å². The Labute approximate surface area is 99.7 Å². The summed E-state index contributed by atoms with van der Waals surface area (Å²) in [6.45, 7) is 1.16. The molecule has 0 radical (unpaired) electrons. The molecule has 0 spiro atoms. The maximum atomic E-state index is 13.2. The molecular weight excluding hydrogens is 250 g/mol. The summed E-state index contributed by atoms with van der Waals surface area (Å²) in [6.07, 6.45) is -0.495. The first-order valence-corrected chi connectivity index (χ1v) is 4.74. The number of benzene rings is 1. The second-order valence-electron chi connectivity index (χ2n) is 3.47. The minimum atomic E-state index is -1.35. The number of nitrogens with zero attached hydrogens (tertiary/aromatic N) is 1. The van der Waals surface area contributed by atoms with Gasteiger partial charge in [0.15, 0.2) is 0 Å². The Kier molecular flexibility index (Phi) is 4.03. The lowest BCUT2D eigenvalue weighted by Crippen LogP contribution is -2.16. The summed E-state index contributed by atoms with van der Waals surface area (Å²) in [7, 11) is 0. The number of anilines is 1. The summed E-state index contributed by atoms with van der Waals surface area (Å²) in [5, 5.41) is 12.4. The van der Waals surface area contributed by atoms with Crippen LogP contribution in [0.3, 0.4) is 0 Å². The van der Waals surface area contributed by atoms with Crippen LogP contribution in [-0.2, 0) is 9.59 Å². The fraction of sp³-hybridized carbons (Fsp3) is 0.200. The van der Waals surface area contributed by atoms with E-state index >= 15 is 0 Å². The predicted octanol–water partition coefficient (Wildman–Crippen LogP) is 1.79. The van der Waals surface area contributed by atoms with E-state index in [1.807, 2.05) is 5.32 Å². The molecular formula is C10H8F2N2O4. The average molecular weight is 258 g/mol. The van der Waals surface area contributed by atoms with Crippen LogP contribution >= 0.6 is 0 Å². The van der Waals surface area contributed by atoms with Crippen LogP contribution in [-0.4, -0.2) is 16.6 Å². The Morgan fingerprint density at radius 1 is 1.33 bits per heavy atom. The van der Waals surface area contributed by atoms with E-state index in [4.69, 9.17) is 0 Å². The molecule has 0 fully saturated rings. The van der Waals surface area contributed by atoms with Crippen molar-refractivity contribution in [3.05, 3.63) is 33.9 Å². The normalized spacial score (nSPS) is 9.94. The maximum absolute atomic E-state index is 13.2. The highest BCUT2D eigenvalue weighted by molar-refractivity contribution is 6.03. The number of halogens is 2. The summed E-state index contributed by atoms with van der Waals surface area (Å²) in [5.74, 6) is -3.79. The van der Waals surface area contributed by atoms with Gasteiger partial charge in [-0.1, -0.05) is 0 Å². The number of nitro groups is 1. The van der Waals surface area contributed by atoms with Crippen molar-refractivity contribution in [2.45, 2.75) is 13.3 Å². The molecule has 18 heavy (non-hydrogen) atoms. The lowest BCUT2D eigenvalue weighted by molar-refractivity contribution is -0.387. The number of carbonyl (C=O) groups excluding carboxylic acids is 2. The third-order valence-electron chi connectivity index (χ3n) is 1.92. The summed E-state index contributed by atoms with van der Waals surface area (Å²) in [5.41, 5.74) is -1.51. The van der Waals surface area contributed by atoms with Gasteiger partial charge in [0.2, 0.25) is 11.7 Å². The number of Topliss-reactive ketones (excluding diaryl/α,β-unsaturated/α-hetero) is 1. The topological polar surface area (TPSA) is 89.3 Å². The van der Waals surface area contributed by atoms with Gasteiger partial charge >= 0.3 is 5.69 Å². The van der Waals surface area contributed by atoms with Crippen LogP contribution in [0.1, 0.15) is 13.3 Å². The Morgan fingerprint density at radius 3 is 2.44 bits per heavy atom. The van der Waals surface area contributed by atoms with Gasteiger partial charge in [0.05, 0.1) is 17.0 Å². The first-order valence-electron chi connectivity index (χ1n) is 4.74. The summed E-state index contributed by atoms with van der Waals surface area (Å²) in [6, 6.07) is 0.851. The molecule has 0 unspecified atom stereocenters. The van der Waals surface area contributed by atoms with E-state index in [1.54, 1.807) is 0 Å². The zero-order valence-corrected chi connectivity index (χ0v) is 9.20. The van der Waals surface area contributed by atoms with E-state index in [0.29, 0.717) is 12.1 Å². The largest absolute Gasteiger partial charge is 0.323 e. The number of hydrogen-bond donors (Lipinski definition) is 1. The Balaban J connectivity index is 3.02. The van der Waals surface area contributed by atoms with Crippen molar-refractivity contribution in [2.75, 3.05) is 5.32 Å². The molecule has 0 aliphatic rings. The Bertz CT molecular complexity index is 531. The fourth-order valence-electron chi connectivity index (χ4n) is 1.19. The van der Waals surface area contributed by atoms with Crippen LogP contribution in [0.4, 0.5) is 20.2 Å². The number of nitrogens with one attached hydrogen (secondary N) is 1. The third-order valence-corrected chi connectivity index (χ3v) is 1.92. The Hall–Kier alpha value is -2.38. The maximum Gasteiger partial charge on any atom is 0.307 e. The molecule has 0 aliphatic carbocycles. The molecule has 6 nitrogen and oxygen atoms in total. The number of ketones is 1. The molecule has 1 rings (SSSR count). The predicted molar refractivity (Wildman–Crippen MR) is 56.9 cm³/mol. The standard InChI is InChI=1S/C10H8F2N2O4/c1-5(15)2-10(16)13-8-4-9(14(17)18)7(12)3-6(8)11/h3-4H,2H2,1H3,(H,13,16). The van der Waals surface area contributed by atoms with Crippen molar-refractivity contribution in [3.63, 3.8) is 0 Å². The van der Waals surface area contributed by atoms with Crippen molar-refractivity contribution in [2.24, 2.45) is 0 Å². The highest BCUT2D eigenvalue weighted by Crippen LogP contribution is 2.25. The number of hydrogen-bond acceptors (Lipinski definition) is 4. The molecule has 8 heteroatoms. The summed E-state index contributed by atoms with van der Waals surface area (Å²) >= 11 is 0. The van der Waals surface area contributed by atoms with Gasteiger partial charge in [-0.15, -0.1) is 0 Å². The number of rotatable bonds is 4. The van der Waals surface area contributed by atoms with E-state index in [9.17, 15) is 28.5 Å². The third kappa shape index (κ3) is 3.30. The number of carbonyl (C=O) groups is 2. The van der Waals surface area contributed by atoms with Crippen molar-refractivity contribution >= 4 is 23.1 Å². The Morgan fingerprint density at radius 2 is 1.94 bits per heavy atom. The van der Waals surface area contributed by atoms with Crippen molar-refractivity contribution < 1.29 is 23.3 Å². The lowest BCUT2D eigenvalue weighted by atomic mass is 10.2. The van der Waals surface area contributed by atoms with Crippen molar-refractivity contribution in [3.8, 4) is 0 Å². The monoisotopic (exact) mass is 258 g/mol. The molecule has 1 amide bonds. The molecule has 0 saturated heterocycles. The average Bonchev–Trinajstić information content (AvgIpc) is 2.20. The molecule has 1 aromatic rings. The van der Waals surface area contributed by atoms with Crippen LogP contribution in [0.25, 0.3) is 0 Å². The van der Waals surface area contributed by atoms with Crippen LogP contribution < -0.4 is 5.32 Å². The smallest absolute Gasteiger partial charge is 0.307 e. The van der Waals surface area contributed by atoms with E-state index in [0.717, 1.165) is 6.92 Å². The first-order chi connectivity index (χ1) is 8.31. The zero-order chi connectivity index (χ0) is 13.9. The number of nitro benzene ring substituents is 1. The van der Waals surface area contributed by atoms with Crippen LogP contribution in [0.5, 0.6) is 0 Å². The molecule has 1 aromatic carbocycles. The first kappa shape index (κ1) is 13.7. The van der Waals surface area contributed by atoms with Crippen LogP contribution in [0, 0.1) is 21.7 Å². The fourth-order valence-corrected chi connectivity index (χ4v) is 1.19. The second kappa shape index (κ2) is 5.30. The summed E-state index contributed by atoms with van der Waals surface area (Å²) in [4.78, 5) is 31.2. The molecule has 0 aromatic heterocycles. The highest BCUT2D eigenvalue weighted by atomic mass is 19.1. The van der Waals surface area contributed by atoms with Gasteiger partial charge < -0.3 is 5.32 Å². The molecule has 96 valence electrons. The lowest BCUT2D eigenvalue weighted by Gasteiger charge is -2.05. The molecule has 0 bridgehead atoms. The minimum Gasteiger partial charge on any atom is -0.323 e. The van der Waals surface area contributed by atoms with E-state index in [2.05, 4.69) is 0 Å². The van der Waals surface area contributed by atoms with Gasteiger partial charge in [-0.3, -0.25) is 19.7 Å². The van der Waals surface area contributed by atoms with Gasteiger partial charge in [-0.05, 0) is 6.92 Å². The second-order valence-corrected chi connectivity index (χ2v) is 3.47. The molecule has 0 atom stereocenters. The molecule has 0 heterocycles. The minimum absolute atomic E-state index is 0.293. The molecule has 0 saturated carbocycles. The van der Waals surface area contributed by atoms with Gasteiger partial charge in [0.25, 0.3) is 0 Å². The SMILES string of the molecule is CC(=O)CC(=O)Nc1cc([N+](=O)[O-])c(F)cc1F. The van der Waals surface area contributed by atoms with Gasteiger partial charge in [0.1, 0.15) is 11.6 Å². The molecule has 1 N–H and O–H groups in total. The van der Waals surface area contributed by atoms with E-state index in [1.165, 1.54) is 0 Å². The number of amides is 1. The van der Waals surface area contributed by atoms with Crippen LogP contribution in [0.15, 0.2) is 12.1 Å². The summed E-state index contributed by atoms with van der Waals surface area (Å²) < 4.78 is 26.2. The highest BCUT2D eigenvalue weighted by Gasteiger charge is 2.19. The van der Waals surface area contributed by atoms with Crippen molar-refractivity contribution in [1.29, 1.82) is 0 Å². The van der Waals surface area contributed by atoms with Crippen LogP contribution in [0.2, 0.25) is 0 Å². The van der Waals surface area contributed by atoms with Gasteiger partial charge in [-0.25, -0.2) is 4.39 Å². The van der Waals surface area contributed by atoms with E-state index in [-0.39, 0.29) is 0 Å².